The van der Waals surface area contributed by atoms with Crippen molar-refractivity contribution in [2.75, 3.05) is 6.61 Å². The number of nitrogens with zero attached hydrogens (tertiary/aromatic N) is 2. The van der Waals surface area contributed by atoms with Gasteiger partial charge < -0.3 is 15.0 Å². The van der Waals surface area contributed by atoms with E-state index in [1.807, 2.05) is 31.2 Å². The van der Waals surface area contributed by atoms with Crippen molar-refractivity contribution in [3.63, 3.8) is 0 Å². The summed E-state index contributed by atoms with van der Waals surface area (Å²) in [4.78, 5) is 16.1. The van der Waals surface area contributed by atoms with Crippen LogP contribution >= 0.6 is 0 Å². The highest BCUT2D eigenvalue weighted by Gasteiger charge is 2.14. The van der Waals surface area contributed by atoms with Crippen LogP contribution in [0.5, 0.6) is 0 Å². The molecule has 0 bridgehead atoms. The molecule has 1 atom stereocenters. The minimum atomic E-state index is -0.172. The second kappa shape index (κ2) is 6.73. The summed E-state index contributed by atoms with van der Waals surface area (Å²) < 4.78 is 1.67. The number of rotatable bonds is 3. The molecule has 0 aliphatic carbocycles. The SMILES string of the molecule is CC(NC(=O)c1cncn1C)c1cccc(C#CCO)c1. The van der Waals surface area contributed by atoms with E-state index in [9.17, 15) is 4.79 Å². The Morgan fingerprint density at radius 1 is 1.52 bits per heavy atom. The quantitative estimate of drug-likeness (QED) is 0.833. The lowest BCUT2D eigenvalue weighted by atomic mass is 10.1. The second-order valence-corrected chi connectivity index (χ2v) is 4.67. The van der Waals surface area contributed by atoms with Crippen LogP contribution in [0.3, 0.4) is 0 Å². The summed E-state index contributed by atoms with van der Waals surface area (Å²) in [6.45, 7) is 1.74. The van der Waals surface area contributed by atoms with E-state index in [0.29, 0.717) is 5.69 Å². The molecular formula is C16H17N3O2. The van der Waals surface area contributed by atoms with Crippen molar-refractivity contribution in [2.45, 2.75) is 13.0 Å². The molecule has 0 saturated heterocycles. The first-order chi connectivity index (χ1) is 10.1. The number of aliphatic hydroxyl groups is 1. The van der Waals surface area contributed by atoms with Gasteiger partial charge in [0, 0.05) is 12.6 Å². The van der Waals surface area contributed by atoms with Gasteiger partial charge in [-0.2, -0.15) is 0 Å². The van der Waals surface area contributed by atoms with Crippen molar-refractivity contribution in [3.05, 3.63) is 53.6 Å². The molecule has 1 amide bonds. The van der Waals surface area contributed by atoms with Crippen molar-refractivity contribution >= 4 is 5.91 Å². The van der Waals surface area contributed by atoms with Gasteiger partial charge in [-0.1, -0.05) is 24.0 Å². The summed E-state index contributed by atoms with van der Waals surface area (Å²) in [6, 6.07) is 7.42. The van der Waals surface area contributed by atoms with Crippen LogP contribution in [-0.2, 0) is 7.05 Å². The normalized spacial score (nSPS) is 11.4. The molecule has 21 heavy (non-hydrogen) atoms. The van der Waals surface area contributed by atoms with Gasteiger partial charge in [0.25, 0.3) is 5.91 Å². The summed E-state index contributed by atoms with van der Waals surface area (Å²) in [7, 11) is 1.78. The van der Waals surface area contributed by atoms with E-state index in [2.05, 4.69) is 22.1 Å². The van der Waals surface area contributed by atoms with Crippen LogP contribution in [0.2, 0.25) is 0 Å². The molecule has 5 heteroatoms. The monoisotopic (exact) mass is 283 g/mol. The topological polar surface area (TPSA) is 67.2 Å². The van der Waals surface area contributed by atoms with Gasteiger partial charge in [-0.25, -0.2) is 4.98 Å². The minimum Gasteiger partial charge on any atom is -0.384 e. The minimum absolute atomic E-state index is 0.150. The van der Waals surface area contributed by atoms with Crippen LogP contribution in [0.15, 0.2) is 36.8 Å². The maximum atomic E-state index is 12.1. The number of nitrogens with one attached hydrogen (secondary N) is 1. The number of aromatic nitrogens is 2. The lowest BCUT2D eigenvalue weighted by Crippen LogP contribution is -2.28. The van der Waals surface area contributed by atoms with Gasteiger partial charge >= 0.3 is 0 Å². The summed E-state index contributed by atoms with van der Waals surface area (Å²) in [5.41, 5.74) is 2.27. The van der Waals surface area contributed by atoms with E-state index in [1.54, 1.807) is 17.9 Å². The van der Waals surface area contributed by atoms with Crippen molar-refractivity contribution < 1.29 is 9.90 Å². The van der Waals surface area contributed by atoms with Gasteiger partial charge in [0.15, 0.2) is 0 Å². The van der Waals surface area contributed by atoms with E-state index in [4.69, 9.17) is 5.11 Å². The number of hydrogen-bond acceptors (Lipinski definition) is 3. The first-order valence-electron chi connectivity index (χ1n) is 6.58. The Morgan fingerprint density at radius 3 is 3.00 bits per heavy atom. The molecular weight excluding hydrogens is 266 g/mol. The molecule has 108 valence electrons. The second-order valence-electron chi connectivity index (χ2n) is 4.67. The Labute approximate surface area is 123 Å². The number of carbonyl (C=O) groups is 1. The first-order valence-corrected chi connectivity index (χ1v) is 6.58. The van der Waals surface area contributed by atoms with Gasteiger partial charge in [0.05, 0.1) is 18.6 Å². The standard InChI is InChI=1S/C16H17N3O2/c1-12(18-16(21)15-10-17-11-19(15)2)14-7-3-5-13(9-14)6-4-8-20/h3,5,7,9-12,20H,8H2,1-2H3,(H,18,21). The highest BCUT2D eigenvalue weighted by molar-refractivity contribution is 5.92. The Kier molecular flexibility index (Phi) is 4.75. The fourth-order valence-corrected chi connectivity index (χ4v) is 1.96. The molecule has 0 spiro atoms. The zero-order valence-corrected chi connectivity index (χ0v) is 12.0. The van der Waals surface area contributed by atoms with E-state index >= 15 is 0 Å². The number of benzene rings is 1. The predicted octanol–water partition coefficient (Wildman–Crippen LogP) is 1.25. The lowest BCUT2D eigenvalue weighted by Gasteiger charge is -2.14. The number of carbonyl (C=O) groups excluding carboxylic acids is 1. The number of aryl methyl sites for hydroxylation is 1. The van der Waals surface area contributed by atoms with Crippen LogP contribution in [0.4, 0.5) is 0 Å². The molecule has 0 radical (unpaired) electrons. The van der Waals surface area contributed by atoms with Crippen molar-refractivity contribution in [3.8, 4) is 11.8 Å². The summed E-state index contributed by atoms with van der Waals surface area (Å²) in [5, 5.41) is 11.6. The maximum Gasteiger partial charge on any atom is 0.270 e. The molecule has 0 aliphatic heterocycles. The van der Waals surface area contributed by atoms with Gasteiger partial charge in [0.1, 0.15) is 12.3 Å². The van der Waals surface area contributed by atoms with Gasteiger partial charge in [-0.15, -0.1) is 0 Å². The molecule has 0 saturated carbocycles. The maximum absolute atomic E-state index is 12.1. The summed E-state index contributed by atoms with van der Waals surface area (Å²) in [5.74, 6) is 5.29. The zero-order valence-electron chi connectivity index (χ0n) is 12.0. The van der Waals surface area contributed by atoms with Crippen molar-refractivity contribution in [2.24, 2.45) is 7.05 Å². The van der Waals surface area contributed by atoms with Crippen LogP contribution in [0.1, 0.15) is 34.6 Å². The third-order valence-electron chi connectivity index (χ3n) is 3.10. The highest BCUT2D eigenvalue weighted by Crippen LogP contribution is 2.14. The smallest absolute Gasteiger partial charge is 0.270 e. The predicted molar refractivity (Wildman–Crippen MR) is 79.5 cm³/mol. The average Bonchev–Trinajstić information content (AvgIpc) is 2.91. The van der Waals surface area contributed by atoms with E-state index in [-0.39, 0.29) is 18.6 Å². The van der Waals surface area contributed by atoms with E-state index in [0.717, 1.165) is 11.1 Å². The molecule has 0 fully saturated rings. The average molecular weight is 283 g/mol. The largest absolute Gasteiger partial charge is 0.384 e. The first kappa shape index (κ1) is 14.8. The van der Waals surface area contributed by atoms with Gasteiger partial charge in [-0.05, 0) is 24.6 Å². The Hall–Kier alpha value is -2.58. The molecule has 1 unspecified atom stereocenters. The highest BCUT2D eigenvalue weighted by atomic mass is 16.2. The molecule has 1 aromatic carbocycles. The van der Waals surface area contributed by atoms with Crippen molar-refractivity contribution in [1.29, 1.82) is 0 Å². The fraction of sp³-hybridized carbons (Fsp3) is 0.250. The van der Waals surface area contributed by atoms with Crippen molar-refractivity contribution in [1.82, 2.24) is 14.9 Å². The lowest BCUT2D eigenvalue weighted by molar-refractivity contribution is 0.0931. The zero-order chi connectivity index (χ0) is 15.2. The number of imidazole rings is 1. The van der Waals surface area contributed by atoms with Crippen LogP contribution in [0.25, 0.3) is 0 Å². The number of aliphatic hydroxyl groups excluding tert-OH is 1. The molecule has 1 heterocycles. The molecule has 2 N–H and O–H groups in total. The van der Waals surface area contributed by atoms with Crippen LogP contribution in [-0.4, -0.2) is 27.2 Å². The van der Waals surface area contributed by atoms with Crippen LogP contribution < -0.4 is 5.32 Å². The molecule has 5 nitrogen and oxygen atoms in total. The summed E-state index contributed by atoms with van der Waals surface area (Å²) in [6.07, 6.45) is 3.12. The van der Waals surface area contributed by atoms with Gasteiger partial charge in [0.2, 0.25) is 0 Å². The van der Waals surface area contributed by atoms with Gasteiger partial charge in [-0.3, -0.25) is 4.79 Å². The number of hydrogen-bond donors (Lipinski definition) is 2. The Morgan fingerprint density at radius 2 is 2.33 bits per heavy atom. The fourth-order valence-electron chi connectivity index (χ4n) is 1.96. The van der Waals surface area contributed by atoms with Crippen LogP contribution in [0, 0.1) is 11.8 Å². The molecule has 1 aromatic heterocycles. The third-order valence-corrected chi connectivity index (χ3v) is 3.10. The Bertz CT molecular complexity index is 695. The molecule has 2 rings (SSSR count). The summed E-state index contributed by atoms with van der Waals surface area (Å²) >= 11 is 0. The van der Waals surface area contributed by atoms with E-state index < -0.39 is 0 Å². The third kappa shape index (κ3) is 3.71. The van der Waals surface area contributed by atoms with E-state index in [1.165, 1.54) is 6.20 Å². The number of amides is 1. The molecule has 2 aromatic rings. The molecule has 0 aliphatic rings. The Balaban J connectivity index is 2.11.